The number of aliphatic carboxylic acids is 1. The number of carboxylic acids is 1. The van der Waals surface area contributed by atoms with Crippen LogP contribution in [0.2, 0.25) is 0 Å². The predicted octanol–water partition coefficient (Wildman–Crippen LogP) is 3.15. The lowest BCUT2D eigenvalue weighted by molar-refractivity contribution is -0.137. The van der Waals surface area contributed by atoms with E-state index in [1.54, 1.807) is 0 Å². The topological polar surface area (TPSA) is 63.3 Å². The third kappa shape index (κ3) is 6.39. The number of hydrogen-bond donors (Lipinski definition) is 2. The smallest absolute Gasteiger partial charge is 0.304 e. The summed E-state index contributed by atoms with van der Waals surface area (Å²) in [5.41, 5.74) is 8.55. The lowest BCUT2D eigenvalue weighted by Crippen LogP contribution is -2.26. The van der Waals surface area contributed by atoms with Crippen molar-refractivity contribution in [3.8, 4) is 0 Å². The van der Waals surface area contributed by atoms with E-state index in [0.29, 0.717) is 5.92 Å². The van der Waals surface area contributed by atoms with Gasteiger partial charge in [0.25, 0.3) is 0 Å². The zero-order valence-corrected chi connectivity index (χ0v) is 11.9. The number of carboxylic acid groups (broad SMARTS) is 1. The lowest BCUT2D eigenvalue weighted by Gasteiger charge is -2.16. The second-order valence-corrected chi connectivity index (χ2v) is 5.52. The predicted molar refractivity (Wildman–Crippen MR) is 78.1 cm³/mol. The van der Waals surface area contributed by atoms with Gasteiger partial charge in [-0.15, -0.1) is 0 Å². The molecule has 1 aromatic rings. The highest BCUT2D eigenvalue weighted by atomic mass is 16.4. The molecule has 1 unspecified atom stereocenters. The van der Waals surface area contributed by atoms with Gasteiger partial charge >= 0.3 is 5.97 Å². The molecular weight excluding hydrogens is 238 g/mol. The van der Waals surface area contributed by atoms with Crippen LogP contribution in [0.5, 0.6) is 0 Å². The first-order valence-electron chi connectivity index (χ1n) is 7.01. The highest BCUT2D eigenvalue weighted by Crippen LogP contribution is 2.17. The lowest BCUT2D eigenvalue weighted by atomic mass is 9.93. The van der Waals surface area contributed by atoms with E-state index in [2.05, 4.69) is 38.1 Å². The van der Waals surface area contributed by atoms with Gasteiger partial charge in [0, 0.05) is 6.04 Å². The summed E-state index contributed by atoms with van der Waals surface area (Å²) in [5.74, 6) is -0.321. The van der Waals surface area contributed by atoms with Gasteiger partial charge in [-0.3, -0.25) is 4.79 Å². The number of hydrogen-bond acceptors (Lipinski definition) is 2. The van der Waals surface area contributed by atoms with Crippen LogP contribution in [0.3, 0.4) is 0 Å². The summed E-state index contributed by atoms with van der Waals surface area (Å²) in [7, 11) is 0. The van der Waals surface area contributed by atoms with Crippen LogP contribution in [0.15, 0.2) is 24.3 Å². The normalized spacial score (nSPS) is 14.1. The van der Waals surface area contributed by atoms with Crippen molar-refractivity contribution in [2.45, 2.75) is 52.0 Å². The number of benzene rings is 1. The summed E-state index contributed by atoms with van der Waals surface area (Å²) in [6.07, 6.45) is 4.18. The molecular formula is C16H25NO2. The molecule has 0 heterocycles. The molecule has 0 aliphatic carbocycles. The van der Waals surface area contributed by atoms with Crippen molar-refractivity contribution < 1.29 is 9.90 Å². The van der Waals surface area contributed by atoms with E-state index >= 15 is 0 Å². The molecule has 1 aromatic carbocycles. The van der Waals surface area contributed by atoms with Crippen molar-refractivity contribution in [3.63, 3.8) is 0 Å². The molecule has 0 aliphatic heterocycles. The molecule has 0 saturated heterocycles. The van der Waals surface area contributed by atoms with Gasteiger partial charge in [0.1, 0.15) is 0 Å². The molecule has 106 valence electrons. The van der Waals surface area contributed by atoms with Crippen LogP contribution in [0.4, 0.5) is 0 Å². The molecule has 0 bridgehead atoms. The fourth-order valence-corrected chi connectivity index (χ4v) is 2.47. The Morgan fingerprint density at radius 1 is 1.37 bits per heavy atom. The van der Waals surface area contributed by atoms with Crippen molar-refractivity contribution in [1.82, 2.24) is 0 Å². The van der Waals surface area contributed by atoms with Crippen molar-refractivity contribution >= 4 is 5.97 Å². The maximum Gasteiger partial charge on any atom is 0.304 e. The monoisotopic (exact) mass is 263 g/mol. The molecule has 19 heavy (non-hydrogen) atoms. The first kappa shape index (κ1) is 15.7. The highest BCUT2D eigenvalue weighted by molar-refractivity contribution is 5.67. The first-order chi connectivity index (χ1) is 8.99. The van der Waals surface area contributed by atoms with E-state index in [0.717, 1.165) is 25.7 Å². The van der Waals surface area contributed by atoms with Crippen molar-refractivity contribution in [1.29, 1.82) is 0 Å². The molecule has 0 spiro atoms. The first-order valence-corrected chi connectivity index (χ1v) is 7.01. The maximum absolute atomic E-state index is 10.5. The van der Waals surface area contributed by atoms with Crippen LogP contribution < -0.4 is 5.73 Å². The van der Waals surface area contributed by atoms with Crippen LogP contribution in [-0.2, 0) is 11.2 Å². The molecule has 0 saturated carbocycles. The average molecular weight is 263 g/mol. The van der Waals surface area contributed by atoms with Gasteiger partial charge in [0.05, 0.1) is 6.42 Å². The number of carbonyl (C=O) groups is 1. The summed E-state index contributed by atoms with van der Waals surface area (Å²) in [4.78, 5) is 10.5. The standard InChI is InChI=1S/C16H25NO2/c1-12(10-15(17)11-16(18)19)6-5-9-14-8-4-3-7-13(14)2/h3-4,7-8,12,15H,5-6,9-11,17H2,1-2H3,(H,18,19)/t12-,15?/m1/s1. The molecule has 3 nitrogen and oxygen atoms in total. The summed E-state index contributed by atoms with van der Waals surface area (Å²) in [5, 5.41) is 8.67. The zero-order chi connectivity index (χ0) is 14.3. The average Bonchev–Trinajstić information content (AvgIpc) is 2.30. The Morgan fingerprint density at radius 2 is 2.05 bits per heavy atom. The van der Waals surface area contributed by atoms with E-state index in [4.69, 9.17) is 10.8 Å². The molecule has 0 radical (unpaired) electrons. The third-order valence-corrected chi connectivity index (χ3v) is 3.55. The van der Waals surface area contributed by atoms with Gasteiger partial charge in [0.2, 0.25) is 0 Å². The van der Waals surface area contributed by atoms with Crippen molar-refractivity contribution in [2.24, 2.45) is 11.7 Å². The second-order valence-electron chi connectivity index (χ2n) is 5.52. The van der Waals surface area contributed by atoms with Crippen LogP contribution in [0.25, 0.3) is 0 Å². The Bertz CT molecular complexity index is 403. The quantitative estimate of drug-likeness (QED) is 0.757. The fourth-order valence-electron chi connectivity index (χ4n) is 2.47. The molecule has 0 fully saturated rings. The van der Waals surface area contributed by atoms with Crippen LogP contribution in [-0.4, -0.2) is 17.1 Å². The largest absolute Gasteiger partial charge is 0.481 e. The Labute approximate surface area is 115 Å². The van der Waals surface area contributed by atoms with Crippen LogP contribution >= 0.6 is 0 Å². The van der Waals surface area contributed by atoms with Gasteiger partial charge in [0.15, 0.2) is 0 Å². The molecule has 0 aliphatic rings. The van der Waals surface area contributed by atoms with Gasteiger partial charge in [-0.25, -0.2) is 0 Å². The van der Waals surface area contributed by atoms with Gasteiger partial charge in [-0.2, -0.15) is 0 Å². The number of rotatable bonds is 8. The summed E-state index contributed by atoms with van der Waals surface area (Å²) >= 11 is 0. The van der Waals surface area contributed by atoms with E-state index in [9.17, 15) is 4.79 Å². The SMILES string of the molecule is Cc1ccccc1CCC[C@@H](C)CC(N)CC(=O)O. The number of nitrogens with two attached hydrogens (primary N) is 1. The fraction of sp³-hybridized carbons (Fsp3) is 0.562. The van der Waals surface area contributed by atoms with Gasteiger partial charge in [-0.1, -0.05) is 37.6 Å². The highest BCUT2D eigenvalue weighted by Gasteiger charge is 2.12. The Hall–Kier alpha value is -1.35. The molecule has 0 aromatic heterocycles. The molecule has 0 amide bonds. The minimum absolute atomic E-state index is 0.0716. The molecule has 3 heteroatoms. The molecule has 2 atom stereocenters. The summed E-state index contributed by atoms with van der Waals surface area (Å²) < 4.78 is 0. The van der Waals surface area contributed by atoms with Crippen molar-refractivity contribution in [3.05, 3.63) is 35.4 Å². The molecule has 1 rings (SSSR count). The Balaban J connectivity index is 2.25. The Morgan fingerprint density at radius 3 is 2.68 bits per heavy atom. The van der Waals surface area contributed by atoms with Crippen molar-refractivity contribution in [2.75, 3.05) is 0 Å². The minimum Gasteiger partial charge on any atom is -0.481 e. The van der Waals surface area contributed by atoms with Crippen LogP contribution in [0, 0.1) is 12.8 Å². The van der Waals surface area contributed by atoms with E-state index in [-0.39, 0.29) is 12.5 Å². The summed E-state index contributed by atoms with van der Waals surface area (Å²) in [6, 6.07) is 8.24. The van der Waals surface area contributed by atoms with E-state index in [1.165, 1.54) is 11.1 Å². The van der Waals surface area contributed by atoms with Gasteiger partial charge < -0.3 is 10.8 Å². The van der Waals surface area contributed by atoms with Crippen LogP contribution in [0.1, 0.15) is 43.7 Å². The van der Waals surface area contributed by atoms with Gasteiger partial charge in [-0.05, 0) is 43.2 Å². The minimum atomic E-state index is -0.806. The van der Waals surface area contributed by atoms with E-state index < -0.39 is 5.97 Å². The second kappa shape index (κ2) is 7.95. The molecule has 3 N–H and O–H groups in total. The van der Waals surface area contributed by atoms with E-state index in [1.807, 2.05) is 0 Å². The summed E-state index contributed by atoms with van der Waals surface area (Å²) in [6.45, 7) is 4.29. The zero-order valence-electron chi connectivity index (χ0n) is 11.9. The third-order valence-electron chi connectivity index (χ3n) is 3.55. The Kier molecular flexibility index (Phi) is 6.57. The maximum atomic E-state index is 10.5. The number of aryl methyl sites for hydroxylation is 2.